The molecule has 0 aliphatic rings. The number of rotatable bonds is 12. The average molecular weight is 671 g/mol. The molecular formula is C50H42N2. The molecule has 0 unspecified atom stereocenters. The molecule has 2 nitrogen and oxygen atoms in total. The summed E-state index contributed by atoms with van der Waals surface area (Å²) in [5.41, 5.74) is 13.8. The largest absolute Gasteiger partial charge is 0.311 e. The van der Waals surface area contributed by atoms with Crippen molar-refractivity contribution in [2.75, 3.05) is 9.80 Å². The molecule has 0 aromatic heterocycles. The standard InChI is InChI=1S/C50H42N2/c1-3-39-23-31-47(32-24-39)51(45-11-7-5-8-12-45)49-35-27-43(28-36-49)21-19-41-15-17-42(18-16-41)20-22-44-29-37-50(38-30-44)52(46-13-9-6-10-14-46)48-33-25-40(4-2)26-34-48/h3,5-38H,1,4H2,2H3. The second-order valence-corrected chi connectivity index (χ2v) is 12.7. The first-order valence-corrected chi connectivity index (χ1v) is 17.8. The number of anilines is 6. The Morgan fingerprint density at radius 2 is 0.615 bits per heavy atom. The van der Waals surface area contributed by atoms with Crippen molar-refractivity contribution in [1.82, 2.24) is 0 Å². The van der Waals surface area contributed by atoms with E-state index in [1.165, 1.54) is 5.56 Å². The molecule has 0 saturated carbocycles. The minimum absolute atomic E-state index is 1.03. The van der Waals surface area contributed by atoms with Gasteiger partial charge in [-0.3, -0.25) is 0 Å². The van der Waals surface area contributed by atoms with Crippen LogP contribution in [0.4, 0.5) is 34.1 Å². The van der Waals surface area contributed by atoms with Crippen molar-refractivity contribution >= 4 is 64.5 Å². The molecule has 0 radical (unpaired) electrons. The molecule has 0 amide bonds. The molecule has 0 bridgehead atoms. The summed E-state index contributed by atoms with van der Waals surface area (Å²) in [5.74, 6) is 0. The lowest BCUT2D eigenvalue weighted by molar-refractivity contribution is 1.14. The molecule has 0 saturated heterocycles. The molecule has 0 N–H and O–H groups in total. The first-order valence-electron chi connectivity index (χ1n) is 17.8. The third-order valence-corrected chi connectivity index (χ3v) is 9.19. The van der Waals surface area contributed by atoms with Crippen molar-refractivity contribution in [3.05, 3.63) is 222 Å². The molecule has 0 heterocycles. The van der Waals surface area contributed by atoms with E-state index in [1.807, 2.05) is 12.1 Å². The van der Waals surface area contributed by atoms with E-state index in [0.29, 0.717) is 0 Å². The Hall–Kier alpha value is -6.64. The number of nitrogens with zero attached hydrogens (tertiary/aromatic N) is 2. The summed E-state index contributed by atoms with van der Waals surface area (Å²) in [5, 5.41) is 0. The van der Waals surface area contributed by atoms with Crippen LogP contribution in [0.2, 0.25) is 0 Å². The Kier molecular flexibility index (Phi) is 10.7. The first kappa shape index (κ1) is 33.8. The van der Waals surface area contributed by atoms with Crippen molar-refractivity contribution in [3.8, 4) is 0 Å². The van der Waals surface area contributed by atoms with Crippen molar-refractivity contribution in [1.29, 1.82) is 0 Å². The van der Waals surface area contributed by atoms with E-state index in [1.54, 1.807) is 0 Å². The van der Waals surface area contributed by atoms with Crippen LogP contribution in [0, 0.1) is 0 Å². The smallest absolute Gasteiger partial charge is 0.0462 e. The molecule has 0 aliphatic heterocycles. The Balaban J connectivity index is 1.02. The third kappa shape index (κ3) is 8.21. The van der Waals surface area contributed by atoms with Gasteiger partial charge in [-0.2, -0.15) is 0 Å². The lowest BCUT2D eigenvalue weighted by atomic mass is 10.1. The quantitative estimate of drug-likeness (QED) is 0.119. The van der Waals surface area contributed by atoms with Crippen LogP contribution in [0.3, 0.4) is 0 Å². The topological polar surface area (TPSA) is 6.48 Å². The SMILES string of the molecule is C=Cc1ccc(N(c2ccccc2)c2ccc(C=Cc3ccc(C=Cc4ccc(N(c5ccccc5)c5ccc(CC)cc5)cc4)cc3)cc2)cc1. The zero-order chi connectivity index (χ0) is 35.5. The molecule has 0 fully saturated rings. The lowest BCUT2D eigenvalue weighted by Crippen LogP contribution is -2.09. The summed E-state index contributed by atoms with van der Waals surface area (Å²) in [6.07, 6.45) is 11.6. The van der Waals surface area contributed by atoms with Crippen LogP contribution in [0.1, 0.15) is 40.3 Å². The zero-order valence-electron chi connectivity index (χ0n) is 29.5. The molecule has 0 atom stereocenters. The van der Waals surface area contributed by atoms with Crippen LogP contribution in [-0.4, -0.2) is 0 Å². The summed E-state index contributed by atoms with van der Waals surface area (Å²) in [4.78, 5) is 4.57. The third-order valence-electron chi connectivity index (χ3n) is 9.19. The zero-order valence-corrected chi connectivity index (χ0v) is 29.5. The Labute approximate surface area is 308 Å². The van der Waals surface area contributed by atoms with E-state index in [2.05, 4.69) is 224 Å². The number of aryl methyl sites for hydroxylation is 1. The van der Waals surface area contributed by atoms with Crippen LogP contribution < -0.4 is 9.80 Å². The summed E-state index contributed by atoms with van der Waals surface area (Å²) in [7, 11) is 0. The predicted molar refractivity (Wildman–Crippen MR) is 226 cm³/mol. The highest BCUT2D eigenvalue weighted by Gasteiger charge is 2.13. The van der Waals surface area contributed by atoms with Crippen molar-refractivity contribution < 1.29 is 0 Å². The fraction of sp³-hybridized carbons (Fsp3) is 0.0400. The number of benzene rings is 7. The number of hydrogen-bond acceptors (Lipinski definition) is 2. The fourth-order valence-corrected chi connectivity index (χ4v) is 6.26. The van der Waals surface area contributed by atoms with Gasteiger partial charge in [-0.15, -0.1) is 0 Å². The van der Waals surface area contributed by atoms with E-state index in [9.17, 15) is 0 Å². The summed E-state index contributed by atoms with van der Waals surface area (Å²) < 4.78 is 0. The van der Waals surface area contributed by atoms with Crippen LogP contribution in [0.15, 0.2) is 189 Å². The second-order valence-electron chi connectivity index (χ2n) is 12.7. The van der Waals surface area contributed by atoms with E-state index in [4.69, 9.17) is 0 Å². The van der Waals surface area contributed by atoms with Crippen LogP contribution in [0.5, 0.6) is 0 Å². The molecule has 7 aromatic carbocycles. The Morgan fingerprint density at radius 3 is 0.923 bits per heavy atom. The molecule has 0 spiro atoms. The molecule has 52 heavy (non-hydrogen) atoms. The molecule has 7 aromatic rings. The Bertz CT molecular complexity index is 2230. The van der Waals surface area contributed by atoms with E-state index in [-0.39, 0.29) is 0 Å². The van der Waals surface area contributed by atoms with Gasteiger partial charge in [0.25, 0.3) is 0 Å². The maximum Gasteiger partial charge on any atom is 0.0462 e. The maximum absolute atomic E-state index is 3.90. The number of hydrogen-bond donors (Lipinski definition) is 0. The van der Waals surface area contributed by atoms with Crippen molar-refractivity contribution in [2.45, 2.75) is 13.3 Å². The van der Waals surface area contributed by atoms with Crippen LogP contribution in [-0.2, 0) is 6.42 Å². The van der Waals surface area contributed by atoms with E-state index >= 15 is 0 Å². The second kappa shape index (κ2) is 16.4. The van der Waals surface area contributed by atoms with Gasteiger partial charge in [0, 0.05) is 34.1 Å². The van der Waals surface area contributed by atoms with Gasteiger partial charge in [0.2, 0.25) is 0 Å². The molecule has 252 valence electrons. The van der Waals surface area contributed by atoms with Gasteiger partial charge in [-0.25, -0.2) is 0 Å². The lowest BCUT2D eigenvalue weighted by Gasteiger charge is -2.25. The fourth-order valence-electron chi connectivity index (χ4n) is 6.26. The average Bonchev–Trinajstić information content (AvgIpc) is 3.22. The highest BCUT2D eigenvalue weighted by Crippen LogP contribution is 2.36. The van der Waals surface area contributed by atoms with Crippen molar-refractivity contribution in [3.63, 3.8) is 0 Å². The van der Waals surface area contributed by atoms with Gasteiger partial charge in [0.1, 0.15) is 0 Å². The van der Waals surface area contributed by atoms with Crippen LogP contribution >= 0.6 is 0 Å². The molecule has 2 heteroatoms. The predicted octanol–water partition coefficient (Wildman–Crippen LogP) is 14.2. The molecule has 7 rings (SSSR count). The summed E-state index contributed by atoms with van der Waals surface area (Å²) in [6, 6.07) is 64.4. The minimum atomic E-state index is 1.03. The monoisotopic (exact) mass is 670 g/mol. The number of para-hydroxylation sites is 2. The highest BCUT2D eigenvalue weighted by atomic mass is 15.1. The van der Waals surface area contributed by atoms with Crippen molar-refractivity contribution in [2.24, 2.45) is 0 Å². The maximum atomic E-state index is 3.90. The first-order chi connectivity index (χ1) is 25.7. The minimum Gasteiger partial charge on any atom is -0.311 e. The van der Waals surface area contributed by atoms with Gasteiger partial charge in [0.05, 0.1) is 0 Å². The van der Waals surface area contributed by atoms with Gasteiger partial charge in [0.15, 0.2) is 0 Å². The van der Waals surface area contributed by atoms with E-state index < -0.39 is 0 Å². The van der Waals surface area contributed by atoms with Crippen LogP contribution in [0.25, 0.3) is 30.4 Å². The van der Waals surface area contributed by atoms with Gasteiger partial charge in [-0.05, 0) is 113 Å². The van der Waals surface area contributed by atoms with Gasteiger partial charge < -0.3 is 9.80 Å². The summed E-state index contributed by atoms with van der Waals surface area (Å²) >= 11 is 0. The van der Waals surface area contributed by atoms with Gasteiger partial charge in [-0.1, -0.05) is 153 Å². The highest BCUT2D eigenvalue weighted by molar-refractivity contribution is 5.80. The van der Waals surface area contributed by atoms with E-state index in [0.717, 1.165) is 68.4 Å². The Morgan fingerprint density at radius 1 is 0.346 bits per heavy atom. The molecule has 0 aliphatic carbocycles. The molecular weight excluding hydrogens is 629 g/mol. The normalized spacial score (nSPS) is 11.2. The summed E-state index contributed by atoms with van der Waals surface area (Å²) in [6.45, 7) is 6.08. The van der Waals surface area contributed by atoms with Gasteiger partial charge >= 0.3 is 0 Å².